The Labute approximate surface area is 235 Å². The van der Waals surface area contributed by atoms with Crippen LogP contribution >= 0.6 is 0 Å². The molecule has 2 aromatic rings. The van der Waals surface area contributed by atoms with Crippen LogP contribution in [0.4, 0.5) is 0 Å². The van der Waals surface area contributed by atoms with Crippen LogP contribution in [0.5, 0.6) is 0 Å². The molecule has 224 valence electrons. The van der Waals surface area contributed by atoms with Crippen molar-refractivity contribution >= 4 is 46.5 Å². The Morgan fingerprint density at radius 2 is 1.46 bits per heavy atom. The summed E-state index contributed by atoms with van der Waals surface area (Å²) in [5.41, 5.74) is 17.8. The number of aromatic amines is 1. The smallest absolute Gasteiger partial charge is 0.326 e. The summed E-state index contributed by atoms with van der Waals surface area (Å²) in [6, 6.07) is 1.90. The van der Waals surface area contributed by atoms with E-state index in [4.69, 9.17) is 22.3 Å². The summed E-state index contributed by atoms with van der Waals surface area (Å²) >= 11 is 0. The van der Waals surface area contributed by atoms with Crippen molar-refractivity contribution in [2.24, 2.45) is 17.2 Å². The number of carboxylic acids is 2. The molecule has 0 spiro atoms. The number of carboxylic acid groups (broad SMARTS) is 2. The number of primary amides is 1. The van der Waals surface area contributed by atoms with E-state index in [1.54, 1.807) is 12.3 Å². The highest BCUT2D eigenvalue weighted by Gasteiger charge is 2.31. The summed E-state index contributed by atoms with van der Waals surface area (Å²) < 4.78 is 0. The Kier molecular flexibility index (Phi) is 12.7. The summed E-state index contributed by atoms with van der Waals surface area (Å²) in [4.78, 5) is 76.1. The summed E-state index contributed by atoms with van der Waals surface area (Å²) in [7, 11) is 0. The highest BCUT2D eigenvalue weighted by atomic mass is 16.4. The third-order valence-electron chi connectivity index (χ3n) is 6.34. The molecule has 4 amide bonds. The molecule has 0 radical (unpaired) electrons. The molecular formula is C26H37N7O8. The van der Waals surface area contributed by atoms with Gasteiger partial charge in [-0.25, -0.2) is 4.79 Å². The number of benzene rings is 1. The first kappa shape index (κ1) is 32.7. The van der Waals surface area contributed by atoms with E-state index < -0.39 is 66.2 Å². The van der Waals surface area contributed by atoms with Gasteiger partial charge in [0.25, 0.3) is 0 Å². The molecule has 0 fully saturated rings. The van der Waals surface area contributed by atoms with Gasteiger partial charge in [0, 0.05) is 29.9 Å². The van der Waals surface area contributed by atoms with Gasteiger partial charge in [0.15, 0.2) is 0 Å². The van der Waals surface area contributed by atoms with E-state index in [1.165, 1.54) is 0 Å². The molecule has 41 heavy (non-hydrogen) atoms. The summed E-state index contributed by atoms with van der Waals surface area (Å²) in [5, 5.41) is 26.8. The number of carbonyl (C=O) groups excluding carboxylic acids is 4. The number of amides is 4. The number of hydrogen-bond acceptors (Lipinski definition) is 8. The van der Waals surface area contributed by atoms with Crippen LogP contribution in [-0.4, -0.2) is 81.5 Å². The van der Waals surface area contributed by atoms with Gasteiger partial charge in [-0.05, 0) is 43.9 Å². The largest absolute Gasteiger partial charge is 0.481 e. The molecule has 0 aliphatic heterocycles. The number of H-pyrrole nitrogens is 1. The lowest BCUT2D eigenvalue weighted by Gasteiger charge is -2.25. The van der Waals surface area contributed by atoms with Gasteiger partial charge >= 0.3 is 11.9 Å². The van der Waals surface area contributed by atoms with Crippen LogP contribution in [0.2, 0.25) is 0 Å². The maximum atomic E-state index is 13.2. The van der Waals surface area contributed by atoms with Crippen molar-refractivity contribution in [1.82, 2.24) is 20.9 Å². The van der Waals surface area contributed by atoms with E-state index >= 15 is 0 Å². The monoisotopic (exact) mass is 575 g/mol. The average Bonchev–Trinajstić information content (AvgIpc) is 3.32. The number of hydrogen-bond donors (Lipinski definition) is 9. The van der Waals surface area contributed by atoms with E-state index in [9.17, 15) is 33.9 Å². The lowest BCUT2D eigenvalue weighted by atomic mass is 10.0. The lowest BCUT2D eigenvalue weighted by molar-refractivity contribution is -0.142. The second-order valence-electron chi connectivity index (χ2n) is 9.58. The number of para-hydroxylation sites is 1. The molecule has 0 aliphatic rings. The van der Waals surface area contributed by atoms with Gasteiger partial charge in [-0.2, -0.15) is 0 Å². The first-order valence-corrected chi connectivity index (χ1v) is 13.1. The molecule has 1 aromatic carbocycles. The fourth-order valence-electron chi connectivity index (χ4n) is 4.14. The number of aromatic nitrogens is 1. The van der Waals surface area contributed by atoms with E-state index in [-0.39, 0.29) is 25.7 Å². The van der Waals surface area contributed by atoms with Crippen molar-refractivity contribution in [1.29, 1.82) is 0 Å². The average molecular weight is 576 g/mol. The van der Waals surface area contributed by atoms with E-state index in [0.717, 1.165) is 10.9 Å². The molecule has 0 bridgehead atoms. The Balaban J connectivity index is 2.20. The quantitative estimate of drug-likeness (QED) is 0.0922. The summed E-state index contributed by atoms with van der Waals surface area (Å²) in [5.74, 6) is -5.96. The zero-order chi connectivity index (χ0) is 30.5. The minimum absolute atomic E-state index is 0.0344. The first-order valence-electron chi connectivity index (χ1n) is 13.1. The molecule has 15 nitrogen and oxygen atoms in total. The van der Waals surface area contributed by atoms with Crippen molar-refractivity contribution in [3.05, 3.63) is 36.0 Å². The van der Waals surface area contributed by atoms with E-state index in [1.807, 2.05) is 18.2 Å². The Morgan fingerprint density at radius 3 is 2.07 bits per heavy atom. The molecule has 2 rings (SSSR count). The highest BCUT2D eigenvalue weighted by molar-refractivity contribution is 5.95. The van der Waals surface area contributed by atoms with Crippen LogP contribution in [0.25, 0.3) is 10.9 Å². The standard InChI is InChI=1S/C26H37N7O8/c27-10-4-3-7-18(32-25(39)19(8-9-21(29)34)31-23(37)16(28)12-22(35)36)24(38)33-20(26(40)41)11-14-13-30-17-6-2-1-5-15(14)17/h1-2,5-6,13,16,18-20,30H,3-4,7-12,27-28H2,(H2,29,34)(H,31,37)(H,32,39)(H,33,38)(H,35,36)(H,40,41). The Hall–Kier alpha value is -4.50. The van der Waals surface area contributed by atoms with Gasteiger partial charge < -0.3 is 48.3 Å². The van der Waals surface area contributed by atoms with Crippen LogP contribution in [0.3, 0.4) is 0 Å². The number of nitrogens with two attached hydrogens (primary N) is 3. The molecule has 15 heteroatoms. The minimum Gasteiger partial charge on any atom is -0.481 e. The number of rotatable bonds is 18. The normalized spacial score (nSPS) is 13.9. The maximum absolute atomic E-state index is 13.2. The second kappa shape index (κ2) is 15.9. The highest BCUT2D eigenvalue weighted by Crippen LogP contribution is 2.19. The van der Waals surface area contributed by atoms with Crippen LogP contribution in [-0.2, 0) is 35.2 Å². The van der Waals surface area contributed by atoms with Crippen molar-refractivity contribution in [2.45, 2.75) is 69.1 Å². The number of carbonyl (C=O) groups is 6. The molecule has 1 heterocycles. The maximum Gasteiger partial charge on any atom is 0.326 e. The molecule has 0 aliphatic carbocycles. The van der Waals surface area contributed by atoms with E-state index in [0.29, 0.717) is 24.9 Å². The number of nitrogens with one attached hydrogen (secondary N) is 4. The van der Waals surface area contributed by atoms with Gasteiger partial charge in [-0.15, -0.1) is 0 Å². The van der Waals surface area contributed by atoms with Crippen molar-refractivity contribution in [3.8, 4) is 0 Å². The van der Waals surface area contributed by atoms with Gasteiger partial charge in [-0.3, -0.25) is 24.0 Å². The molecule has 12 N–H and O–H groups in total. The fraction of sp³-hybridized carbons (Fsp3) is 0.462. The van der Waals surface area contributed by atoms with Crippen molar-refractivity contribution in [3.63, 3.8) is 0 Å². The van der Waals surface area contributed by atoms with E-state index in [2.05, 4.69) is 20.9 Å². The predicted octanol–water partition coefficient (Wildman–Crippen LogP) is -1.55. The molecule has 1 aromatic heterocycles. The van der Waals surface area contributed by atoms with Gasteiger partial charge in [0.05, 0.1) is 12.5 Å². The molecule has 4 atom stereocenters. The number of aliphatic carboxylic acids is 2. The Morgan fingerprint density at radius 1 is 0.854 bits per heavy atom. The topological polar surface area (TPSA) is 273 Å². The summed E-state index contributed by atoms with van der Waals surface area (Å²) in [6.45, 7) is 0.319. The third-order valence-corrected chi connectivity index (χ3v) is 6.34. The Bertz CT molecular complexity index is 1250. The van der Waals surface area contributed by atoms with Crippen molar-refractivity contribution < 1.29 is 39.0 Å². The fourth-order valence-corrected chi connectivity index (χ4v) is 4.14. The van der Waals surface area contributed by atoms with Crippen LogP contribution in [0.1, 0.15) is 44.1 Å². The first-order chi connectivity index (χ1) is 19.4. The van der Waals surface area contributed by atoms with Crippen LogP contribution in [0, 0.1) is 0 Å². The van der Waals surface area contributed by atoms with Crippen molar-refractivity contribution in [2.75, 3.05) is 6.54 Å². The minimum atomic E-state index is -1.47. The second-order valence-corrected chi connectivity index (χ2v) is 9.58. The molecule has 0 saturated carbocycles. The molecular weight excluding hydrogens is 538 g/mol. The molecule has 0 saturated heterocycles. The zero-order valence-electron chi connectivity index (χ0n) is 22.4. The number of unbranched alkanes of at least 4 members (excludes halogenated alkanes) is 1. The van der Waals surface area contributed by atoms with Crippen LogP contribution < -0.4 is 33.2 Å². The third kappa shape index (κ3) is 10.5. The van der Waals surface area contributed by atoms with Gasteiger partial charge in [0.2, 0.25) is 23.6 Å². The lowest BCUT2D eigenvalue weighted by Crippen LogP contribution is -2.57. The van der Waals surface area contributed by atoms with Gasteiger partial charge in [-0.1, -0.05) is 18.2 Å². The molecule has 4 unspecified atom stereocenters. The predicted molar refractivity (Wildman–Crippen MR) is 147 cm³/mol. The van der Waals surface area contributed by atoms with Crippen LogP contribution in [0.15, 0.2) is 30.5 Å². The SMILES string of the molecule is NCCCCC(NC(=O)C(CCC(N)=O)NC(=O)C(N)CC(=O)O)C(=O)NC(Cc1c[nH]c2ccccc12)C(=O)O. The summed E-state index contributed by atoms with van der Waals surface area (Å²) in [6.07, 6.45) is 1.41. The zero-order valence-corrected chi connectivity index (χ0v) is 22.4. The van der Waals surface area contributed by atoms with Gasteiger partial charge in [0.1, 0.15) is 18.1 Å². The number of fused-ring (bicyclic) bond motifs is 1.